The first-order valence-electron chi connectivity index (χ1n) is 17.1. The van der Waals surface area contributed by atoms with Gasteiger partial charge in [-0.2, -0.15) is 0 Å². The van der Waals surface area contributed by atoms with Gasteiger partial charge in [0.2, 0.25) is 0 Å². The molecule has 0 aliphatic heterocycles. The molecule has 50 heavy (non-hydrogen) atoms. The Bertz CT molecular complexity index is 2850. The summed E-state index contributed by atoms with van der Waals surface area (Å²) >= 11 is 0. The van der Waals surface area contributed by atoms with Crippen LogP contribution in [0.15, 0.2) is 192 Å². The lowest BCUT2D eigenvalue weighted by atomic mass is 9.95. The Balaban J connectivity index is 0.988. The molecule has 0 spiro atoms. The van der Waals surface area contributed by atoms with E-state index in [2.05, 4.69) is 180 Å². The Hall–Kier alpha value is -6.64. The number of furan rings is 1. The lowest BCUT2D eigenvalue weighted by molar-refractivity contribution is 0.670. The second-order valence-corrected chi connectivity index (χ2v) is 12.9. The van der Waals surface area contributed by atoms with E-state index in [1.165, 1.54) is 60.9 Å². The first-order chi connectivity index (χ1) is 24.8. The maximum atomic E-state index is 6.32. The van der Waals surface area contributed by atoms with Gasteiger partial charge in [-0.05, 0) is 87.5 Å². The maximum absolute atomic E-state index is 6.32. The van der Waals surface area contributed by atoms with Gasteiger partial charge in [0.25, 0.3) is 0 Å². The second kappa shape index (κ2) is 11.5. The zero-order chi connectivity index (χ0) is 33.0. The minimum absolute atomic E-state index is 0.920. The Kier molecular flexibility index (Phi) is 6.53. The van der Waals surface area contributed by atoms with E-state index in [1.807, 2.05) is 12.1 Å². The largest absolute Gasteiger partial charge is 0.455 e. The maximum Gasteiger partial charge on any atom is 0.143 e. The molecular weight excluding hydrogens is 607 g/mol. The predicted octanol–water partition coefficient (Wildman–Crippen LogP) is 13.4. The summed E-state index contributed by atoms with van der Waals surface area (Å²) in [7, 11) is 0. The van der Waals surface area contributed by atoms with E-state index in [1.54, 1.807) is 0 Å². The van der Waals surface area contributed by atoms with E-state index in [-0.39, 0.29) is 0 Å². The third kappa shape index (κ3) is 4.65. The van der Waals surface area contributed by atoms with E-state index in [4.69, 9.17) is 4.42 Å². The molecule has 0 N–H and O–H groups in total. The highest BCUT2D eigenvalue weighted by Crippen LogP contribution is 2.38. The third-order valence-corrected chi connectivity index (χ3v) is 10.0. The summed E-state index contributed by atoms with van der Waals surface area (Å²) in [6.07, 6.45) is 0. The molecule has 0 saturated carbocycles. The van der Waals surface area contributed by atoms with Crippen LogP contribution in [0.3, 0.4) is 0 Å². The molecule has 0 unspecified atom stereocenters. The van der Waals surface area contributed by atoms with Crippen molar-refractivity contribution in [1.82, 2.24) is 4.57 Å². The Labute approximate surface area is 290 Å². The van der Waals surface area contributed by atoms with Gasteiger partial charge < -0.3 is 8.98 Å². The van der Waals surface area contributed by atoms with E-state index in [9.17, 15) is 0 Å². The molecule has 10 rings (SSSR count). The number of fused-ring (bicyclic) bond motifs is 6. The van der Waals surface area contributed by atoms with Crippen LogP contribution in [0, 0.1) is 0 Å². The summed E-state index contributed by atoms with van der Waals surface area (Å²) in [5.41, 5.74) is 14.9. The minimum Gasteiger partial charge on any atom is -0.455 e. The number of benzene rings is 8. The predicted molar refractivity (Wildman–Crippen MR) is 210 cm³/mol. The summed E-state index contributed by atoms with van der Waals surface area (Å²) in [5, 5.41) is 4.82. The van der Waals surface area contributed by atoms with Gasteiger partial charge in [-0.1, -0.05) is 140 Å². The number of para-hydroxylation sites is 4. The van der Waals surface area contributed by atoms with Gasteiger partial charge in [0.05, 0.1) is 11.0 Å². The highest BCUT2D eigenvalue weighted by atomic mass is 16.3. The zero-order valence-electron chi connectivity index (χ0n) is 27.3. The highest BCUT2D eigenvalue weighted by molar-refractivity contribution is 6.11. The first-order valence-corrected chi connectivity index (χ1v) is 17.1. The van der Waals surface area contributed by atoms with E-state index < -0.39 is 0 Å². The van der Waals surface area contributed by atoms with E-state index in [0.717, 1.165) is 33.1 Å². The van der Waals surface area contributed by atoms with Gasteiger partial charge >= 0.3 is 0 Å². The van der Waals surface area contributed by atoms with Crippen LogP contribution in [0.4, 0.5) is 0 Å². The summed E-state index contributed by atoms with van der Waals surface area (Å²) in [6.45, 7) is 0. The van der Waals surface area contributed by atoms with Crippen molar-refractivity contribution in [3.8, 4) is 50.2 Å². The number of nitrogens with zero attached hydrogens (tertiary/aromatic N) is 1. The molecule has 0 radical (unpaired) electrons. The van der Waals surface area contributed by atoms with Crippen molar-refractivity contribution in [2.75, 3.05) is 0 Å². The average molecular weight is 638 g/mol. The summed E-state index contributed by atoms with van der Waals surface area (Å²) in [5.74, 6) is 0. The van der Waals surface area contributed by atoms with Crippen LogP contribution in [0.1, 0.15) is 0 Å². The van der Waals surface area contributed by atoms with Crippen LogP contribution in [-0.4, -0.2) is 4.57 Å². The fourth-order valence-corrected chi connectivity index (χ4v) is 7.58. The minimum atomic E-state index is 0.920. The number of hydrogen-bond acceptors (Lipinski definition) is 1. The summed E-state index contributed by atoms with van der Waals surface area (Å²) in [6, 6.07) is 67.4. The van der Waals surface area contributed by atoms with Gasteiger partial charge in [-0.15, -0.1) is 0 Å². The smallest absolute Gasteiger partial charge is 0.143 e. The summed E-state index contributed by atoms with van der Waals surface area (Å²) < 4.78 is 8.68. The van der Waals surface area contributed by atoms with Crippen LogP contribution < -0.4 is 0 Å². The van der Waals surface area contributed by atoms with Crippen LogP contribution >= 0.6 is 0 Å². The van der Waals surface area contributed by atoms with Crippen molar-refractivity contribution in [3.63, 3.8) is 0 Å². The molecule has 2 heterocycles. The Morgan fingerprint density at radius 3 is 1.62 bits per heavy atom. The van der Waals surface area contributed by atoms with E-state index in [0.29, 0.717) is 0 Å². The standard InChI is InChI=1S/C48H31NO/c1-2-15-39(16-3-1)49-45-21-6-4-17-41(45)44-31-38(27-28-46(44)49)37-14-9-13-36(30-37)35-12-8-11-34(29-35)32-23-25-33(26-24-32)40-19-10-20-43-42-18-5-7-22-47(42)50-48(40)43/h1-31H. The molecular formula is C48H31NO. The Morgan fingerprint density at radius 2 is 0.860 bits per heavy atom. The molecule has 8 aromatic carbocycles. The van der Waals surface area contributed by atoms with Crippen LogP contribution in [0.2, 0.25) is 0 Å². The van der Waals surface area contributed by atoms with Crippen molar-refractivity contribution < 1.29 is 4.42 Å². The van der Waals surface area contributed by atoms with Gasteiger partial charge in [0, 0.05) is 32.8 Å². The second-order valence-electron chi connectivity index (χ2n) is 12.9. The molecule has 0 bridgehead atoms. The Morgan fingerprint density at radius 1 is 0.320 bits per heavy atom. The monoisotopic (exact) mass is 637 g/mol. The lowest BCUT2D eigenvalue weighted by Gasteiger charge is -2.10. The fourth-order valence-electron chi connectivity index (χ4n) is 7.58. The van der Waals surface area contributed by atoms with Crippen LogP contribution in [0.5, 0.6) is 0 Å². The number of hydrogen-bond donors (Lipinski definition) is 0. The molecule has 234 valence electrons. The average Bonchev–Trinajstić information content (AvgIpc) is 3.74. The van der Waals surface area contributed by atoms with Crippen molar-refractivity contribution >= 4 is 43.7 Å². The molecule has 0 saturated heterocycles. The molecule has 0 aliphatic rings. The zero-order valence-corrected chi connectivity index (χ0v) is 27.3. The van der Waals surface area contributed by atoms with Gasteiger partial charge in [-0.25, -0.2) is 0 Å². The number of rotatable bonds is 5. The van der Waals surface area contributed by atoms with Crippen LogP contribution in [-0.2, 0) is 0 Å². The van der Waals surface area contributed by atoms with Crippen molar-refractivity contribution in [1.29, 1.82) is 0 Å². The van der Waals surface area contributed by atoms with Crippen molar-refractivity contribution in [3.05, 3.63) is 188 Å². The molecule has 0 aliphatic carbocycles. The molecule has 10 aromatic rings. The normalized spacial score (nSPS) is 11.6. The topological polar surface area (TPSA) is 18.1 Å². The molecule has 0 atom stereocenters. The van der Waals surface area contributed by atoms with Crippen LogP contribution in [0.25, 0.3) is 93.9 Å². The van der Waals surface area contributed by atoms with Crippen molar-refractivity contribution in [2.24, 2.45) is 0 Å². The van der Waals surface area contributed by atoms with Gasteiger partial charge in [0.1, 0.15) is 11.2 Å². The summed E-state index contributed by atoms with van der Waals surface area (Å²) in [4.78, 5) is 0. The van der Waals surface area contributed by atoms with E-state index >= 15 is 0 Å². The third-order valence-electron chi connectivity index (χ3n) is 10.0. The lowest BCUT2D eigenvalue weighted by Crippen LogP contribution is -1.92. The molecule has 2 heteroatoms. The molecule has 2 nitrogen and oxygen atoms in total. The highest BCUT2D eigenvalue weighted by Gasteiger charge is 2.14. The van der Waals surface area contributed by atoms with Crippen molar-refractivity contribution in [2.45, 2.75) is 0 Å². The fraction of sp³-hybridized carbons (Fsp3) is 0. The molecule has 2 aromatic heterocycles. The molecule has 0 fully saturated rings. The molecule has 0 amide bonds. The first kappa shape index (κ1) is 28.4. The van der Waals surface area contributed by atoms with Gasteiger partial charge in [0.15, 0.2) is 0 Å². The quantitative estimate of drug-likeness (QED) is 0.184. The SMILES string of the molecule is c1ccc(-n2c3ccccc3c3cc(-c4cccc(-c5cccc(-c6ccc(-c7cccc8c7oc7ccccc78)cc6)c5)c4)ccc32)cc1. The van der Waals surface area contributed by atoms with Gasteiger partial charge in [-0.3, -0.25) is 0 Å². The number of aromatic nitrogens is 1.